The highest BCUT2D eigenvalue weighted by molar-refractivity contribution is 6.30. The maximum atomic E-state index is 11.8. The van der Waals surface area contributed by atoms with Gasteiger partial charge < -0.3 is 0 Å². The van der Waals surface area contributed by atoms with Gasteiger partial charge in [0.05, 0.1) is 0 Å². The van der Waals surface area contributed by atoms with Crippen LogP contribution in [-0.2, 0) is 0 Å². The van der Waals surface area contributed by atoms with Gasteiger partial charge in [-0.2, -0.15) is 5.26 Å². The van der Waals surface area contributed by atoms with Gasteiger partial charge >= 0.3 is 0 Å². The second kappa shape index (κ2) is 4.21. The number of benzene rings is 1. The van der Waals surface area contributed by atoms with E-state index in [9.17, 15) is 4.79 Å². The monoisotopic (exact) mass is 230 g/mol. The third-order valence-corrected chi connectivity index (χ3v) is 2.42. The molecule has 4 heteroatoms. The Kier molecular flexibility index (Phi) is 2.76. The standard InChI is InChI=1S/C12H7ClN2O/c13-10-3-5-11(6-4-10)15-7-1-2-9(8-14)12(15)16/h1-7H. The van der Waals surface area contributed by atoms with E-state index in [0.29, 0.717) is 10.7 Å². The Labute approximate surface area is 97.1 Å². The van der Waals surface area contributed by atoms with Gasteiger partial charge in [0.1, 0.15) is 11.6 Å². The van der Waals surface area contributed by atoms with Crippen molar-refractivity contribution in [1.82, 2.24) is 4.57 Å². The molecule has 1 heterocycles. The topological polar surface area (TPSA) is 45.8 Å². The molecule has 78 valence electrons. The molecule has 16 heavy (non-hydrogen) atoms. The Morgan fingerprint density at radius 3 is 2.50 bits per heavy atom. The van der Waals surface area contributed by atoms with Crippen LogP contribution in [0.5, 0.6) is 0 Å². The molecule has 0 unspecified atom stereocenters. The molecule has 0 spiro atoms. The summed E-state index contributed by atoms with van der Waals surface area (Å²) in [5.41, 5.74) is 0.483. The molecule has 0 N–H and O–H groups in total. The van der Waals surface area contributed by atoms with Crippen LogP contribution in [-0.4, -0.2) is 4.57 Å². The highest BCUT2D eigenvalue weighted by Crippen LogP contribution is 2.11. The van der Waals surface area contributed by atoms with Crippen molar-refractivity contribution in [2.45, 2.75) is 0 Å². The SMILES string of the molecule is N#Cc1cccn(-c2ccc(Cl)cc2)c1=O. The summed E-state index contributed by atoms with van der Waals surface area (Å²) in [6, 6.07) is 11.9. The van der Waals surface area contributed by atoms with Crippen LogP contribution in [0.15, 0.2) is 47.4 Å². The number of rotatable bonds is 1. The van der Waals surface area contributed by atoms with Crippen LogP contribution in [0.25, 0.3) is 5.69 Å². The maximum absolute atomic E-state index is 11.8. The number of aromatic nitrogens is 1. The molecule has 0 aliphatic heterocycles. The fraction of sp³-hybridized carbons (Fsp3) is 0. The van der Waals surface area contributed by atoms with Gasteiger partial charge in [-0.25, -0.2) is 0 Å². The number of nitriles is 1. The second-order valence-electron chi connectivity index (χ2n) is 3.19. The van der Waals surface area contributed by atoms with Gasteiger partial charge in [0, 0.05) is 16.9 Å². The fourth-order valence-corrected chi connectivity index (χ4v) is 1.51. The van der Waals surface area contributed by atoms with Gasteiger partial charge in [0.25, 0.3) is 5.56 Å². The van der Waals surface area contributed by atoms with E-state index in [4.69, 9.17) is 16.9 Å². The first-order valence-corrected chi connectivity index (χ1v) is 4.98. The largest absolute Gasteiger partial charge is 0.283 e. The summed E-state index contributed by atoms with van der Waals surface area (Å²) in [5, 5.41) is 9.35. The van der Waals surface area contributed by atoms with Crippen LogP contribution in [0, 0.1) is 11.3 Å². The number of hydrogen-bond donors (Lipinski definition) is 0. The van der Waals surface area contributed by atoms with E-state index in [0.717, 1.165) is 0 Å². The molecular weight excluding hydrogens is 224 g/mol. The lowest BCUT2D eigenvalue weighted by atomic mass is 10.2. The van der Waals surface area contributed by atoms with Crippen LogP contribution in [0.4, 0.5) is 0 Å². The van der Waals surface area contributed by atoms with Crippen molar-refractivity contribution in [3.63, 3.8) is 0 Å². The van der Waals surface area contributed by atoms with Crippen LogP contribution < -0.4 is 5.56 Å². The summed E-state index contributed by atoms with van der Waals surface area (Å²) in [6.07, 6.45) is 1.62. The predicted octanol–water partition coefficient (Wildman–Crippen LogP) is 2.36. The second-order valence-corrected chi connectivity index (χ2v) is 3.62. The molecule has 0 radical (unpaired) electrons. The average molecular weight is 231 g/mol. The zero-order valence-corrected chi connectivity index (χ0v) is 8.98. The van der Waals surface area contributed by atoms with E-state index in [-0.39, 0.29) is 11.1 Å². The normalized spacial score (nSPS) is 9.75. The van der Waals surface area contributed by atoms with E-state index in [1.807, 2.05) is 6.07 Å². The summed E-state index contributed by atoms with van der Waals surface area (Å²) in [4.78, 5) is 11.8. The number of hydrogen-bond acceptors (Lipinski definition) is 2. The third kappa shape index (κ3) is 1.83. The first-order chi connectivity index (χ1) is 7.72. The minimum atomic E-state index is -0.327. The van der Waals surface area contributed by atoms with E-state index >= 15 is 0 Å². The zero-order chi connectivity index (χ0) is 11.5. The Hall–Kier alpha value is -2.05. The van der Waals surface area contributed by atoms with Crippen LogP contribution >= 0.6 is 11.6 Å². The lowest BCUT2D eigenvalue weighted by Gasteiger charge is -2.05. The van der Waals surface area contributed by atoms with Crippen LogP contribution in [0.2, 0.25) is 5.02 Å². The first kappa shape index (κ1) is 10.5. The van der Waals surface area contributed by atoms with E-state index in [1.54, 1.807) is 36.5 Å². The average Bonchev–Trinajstić information content (AvgIpc) is 2.31. The molecule has 3 nitrogen and oxygen atoms in total. The molecule has 0 aliphatic carbocycles. The smallest absolute Gasteiger partial charge is 0.272 e. The molecule has 2 rings (SSSR count). The van der Waals surface area contributed by atoms with Crippen molar-refractivity contribution in [2.24, 2.45) is 0 Å². The molecule has 1 aromatic heterocycles. The lowest BCUT2D eigenvalue weighted by molar-refractivity contribution is 0.982. The number of halogens is 1. The summed E-state index contributed by atoms with van der Waals surface area (Å²) in [6.45, 7) is 0. The van der Waals surface area contributed by atoms with E-state index in [2.05, 4.69) is 0 Å². The molecule has 0 atom stereocenters. The molecular formula is C12H7ClN2O. The van der Waals surface area contributed by atoms with Gasteiger partial charge in [-0.05, 0) is 36.4 Å². The predicted molar refractivity (Wildman–Crippen MR) is 61.8 cm³/mol. The summed E-state index contributed by atoms with van der Waals surface area (Å²) in [7, 11) is 0. The Bertz CT molecular complexity index is 608. The Morgan fingerprint density at radius 1 is 1.19 bits per heavy atom. The molecule has 0 bridgehead atoms. The molecule has 0 saturated carbocycles. The van der Waals surface area contributed by atoms with Crippen molar-refractivity contribution in [3.8, 4) is 11.8 Å². The van der Waals surface area contributed by atoms with Crippen molar-refractivity contribution >= 4 is 11.6 Å². The summed E-state index contributed by atoms with van der Waals surface area (Å²) in [5.74, 6) is 0. The van der Waals surface area contributed by atoms with Gasteiger partial charge in [-0.3, -0.25) is 9.36 Å². The number of pyridine rings is 1. The quantitative estimate of drug-likeness (QED) is 0.755. The van der Waals surface area contributed by atoms with Gasteiger partial charge in [-0.15, -0.1) is 0 Å². The van der Waals surface area contributed by atoms with E-state index < -0.39 is 0 Å². The third-order valence-electron chi connectivity index (χ3n) is 2.17. The zero-order valence-electron chi connectivity index (χ0n) is 8.22. The Balaban J connectivity index is 2.62. The molecule has 2 aromatic rings. The number of nitrogens with zero attached hydrogens (tertiary/aromatic N) is 2. The van der Waals surface area contributed by atoms with Gasteiger partial charge in [0.2, 0.25) is 0 Å². The van der Waals surface area contributed by atoms with E-state index in [1.165, 1.54) is 10.6 Å². The Morgan fingerprint density at radius 2 is 1.88 bits per heavy atom. The summed E-state index contributed by atoms with van der Waals surface area (Å²) < 4.78 is 1.41. The van der Waals surface area contributed by atoms with Crippen LogP contribution in [0.3, 0.4) is 0 Å². The summed E-state index contributed by atoms with van der Waals surface area (Å²) >= 11 is 5.76. The van der Waals surface area contributed by atoms with Crippen molar-refractivity contribution in [2.75, 3.05) is 0 Å². The van der Waals surface area contributed by atoms with Crippen LogP contribution in [0.1, 0.15) is 5.56 Å². The molecule has 1 aromatic carbocycles. The molecule has 0 fully saturated rings. The molecule has 0 amide bonds. The highest BCUT2D eigenvalue weighted by atomic mass is 35.5. The molecule has 0 saturated heterocycles. The van der Waals surface area contributed by atoms with Gasteiger partial charge in [0.15, 0.2) is 0 Å². The minimum Gasteiger partial charge on any atom is -0.283 e. The fourth-order valence-electron chi connectivity index (χ4n) is 1.38. The maximum Gasteiger partial charge on any atom is 0.272 e. The van der Waals surface area contributed by atoms with Gasteiger partial charge in [-0.1, -0.05) is 11.6 Å². The van der Waals surface area contributed by atoms with Crippen molar-refractivity contribution in [1.29, 1.82) is 5.26 Å². The lowest BCUT2D eigenvalue weighted by Crippen LogP contribution is -2.19. The van der Waals surface area contributed by atoms with Crippen molar-refractivity contribution < 1.29 is 0 Å². The molecule has 0 aliphatic rings. The first-order valence-electron chi connectivity index (χ1n) is 4.60. The minimum absolute atomic E-state index is 0.123. The highest BCUT2D eigenvalue weighted by Gasteiger charge is 2.03. The van der Waals surface area contributed by atoms with Crippen molar-refractivity contribution in [3.05, 3.63) is 63.5 Å².